The fourth-order valence-corrected chi connectivity index (χ4v) is 1.44. The molecule has 3 atom stereocenters. The van der Waals surface area contributed by atoms with Crippen LogP contribution >= 0.6 is 0 Å². The monoisotopic (exact) mass is 229 g/mol. The molecule has 0 saturated heterocycles. The molecule has 3 unspecified atom stereocenters. The van der Waals surface area contributed by atoms with Gasteiger partial charge in [-0.05, 0) is 13.3 Å². The molecule has 1 amide bonds. The molecule has 0 spiro atoms. The maximum atomic E-state index is 11.6. The second kappa shape index (κ2) is 4.93. The number of hydrogen-bond donors (Lipinski definition) is 4. The van der Waals surface area contributed by atoms with Crippen molar-refractivity contribution in [3.8, 4) is 0 Å². The van der Waals surface area contributed by atoms with Crippen molar-refractivity contribution >= 4 is 17.7 Å². The predicted molar refractivity (Wildman–Crippen MR) is 55.9 cm³/mol. The van der Waals surface area contributed by atoms with Gasteiger partial charge in [0.25, 0.3) is 0 Å². The maximum Gasteiger partial charge on any atom is 0.328 e. The van der Waals surface area contributed by atoms with Crippen LogP contribution in [0.2, 0.25) is 0 Å². The van der Waals surface area contributed by atoms with Crippen molar-refractivity contribution < 1.29 is 19.8 Å². The average Bonchev–Trinajstić information content (AvgIpc) is 2.59. The van der Waals surface area contributed by atoms with Crippen molar-refractivity contribution in [1.29, 1.82) is 0 Å². The summed E-state index contributed by atoms with van der Waals surface area (Å²) < 4.78 is 0. The van der Waals surface area contributed by atoms with Crippen LogP contribution in [0.3, 0.4) is 0 Å². The summed E-state index contributed by atoms with van der Waals surface area (Å²) in [5, 5.41) is 20.1. The number of aliphatic hydroxyl groups is 1. The van der Waals surface area contributed by atoms with Crippen LogP contribution in [-0.2, 0) is 9.59 Å². The van der Waals surface area contributed by atoms with Crippen molar-refractivity contribution in [2.45, 2.75) is 38.0 Å². The van der Waals surface area contributed by atoms with Crippen LogP contribution in [0.4, 0.5) is 0 Å². The summed E-state index contributed by atoms with van der Waals surface area (Å²) >= 11 is 0. The molecule has 1 aliphatic rings. The van der Waals surface area contributed by atoms with E-state index in [4.69, 9.17) is 10.8 Å². The Kier molecular flexibility index (Phi) is 3.83. The summed E-state index contributed by atoms with van der Waals surface area (Å²) in [6.45, 7) is 1.30. The number of carboxylic acids is 1. The number of amidine groups is 1. The van der Waals surface area contributed by atoms with Gasteiger partial charge < -0.3 is 21.3 Å². The summed E-state index contributed by atoms with van der Waals surface area (Å²) in [5.74, 6) is -1.41. The minimum atomic E-state index is -1.32. The highest BCUT2D eigenvalue weighted by Gasteiger charge is 2.30. The molecule has 1 rings (SSSR count). The molecule has 0 fully saturated rings. The zero-order valence-corrected chi connectivity index (χ0v) is 8.88. The molecule has 0 aromatic rings. The van der Waals surface area contributed by atoms with E-state index in [-0.39, 0.29) is 0 Å². The minimum Gasteiger partial charge on any atom is -0.480 e. The fraction of sp³-hybridized carbons (Fsp3) is 0.667. The van der Waals surface area contributed by atoms with Crippen LogP contribution in [0.1, 0.15) is 19.8 Å². The summed E-state index contributed by atoms with van der Waals surface area (Å²) in [5.41, 5.74) is 5.42. The fourth-order valence-electron chi connectivity index (χ4n) is 1.44. The Morgan fingerprint density at radius 1 is 1.62 bits per heavy atom. The third-order valence-electron chi connectivity index (χ3n) is 2.34. The number of carbonyl (C=O) groups is 2. The molecular weight excluding hydrogens is 214 g/mol. The summed E-state index contributed by atoms with van der Waals surface area (Å²) in [4.78, 5) is 26.2. The molecule has 0 aromatic carbocycles. The lowest BCUT2D eigenvalue weighted by Gasteiger charge is -2.18. The van der Waals surface area contributed by atoms with E-state index in [0.29, 0.717) is 18.7 Å². The number of aliphatic hydroxyl groups excluding tert-OH is 1. The number of nitrogens with one attached hydrogen (secondary N) is 1. The lowest BCUT2D eigenvalue weighted by Crippen LogP contribution is -2.50. The number of carboxylic acid groups (broad SMARTS) is 1. The number of hydrogen-bond acceptors (Lipinski definition) is 5. The minimum absolute atomic E-state index is 0.393. The van der Waals surface area contributed by atoms with Crippen molar-refractivity contribution in [3.63, 3.8) is 0 Å². The zero-order valence-electron chi connectivity index (χ0n) is 8.88. The van der Waals surface area contributed by atoms with Crippen LogP contribution in [0, 0.1) is 0 Å². The Balaban J connectivity index is 2.59. The Morgan fingerprint density at radius 2 is 2.25 bits per heavy atom. The lowest BCUT2D eigenvalue weighted by molar-refractivity contribution is -0.144. The van der Waals surface area contributed by atoms with E-state index < -0.39 is 30.1 Å². The smallest absolute Gasteiger partial charge is 0.328 e. The molecule has 16 heavy (non-hydrogen) atoms. The molecule has 7 heteroatoms. The maximum absolute atomic E-state index is 11.6. The predicted octanol–water partition coefficient (Wildman–Crippen LogP) is -1.54. The van der Waals surface area contributed by atoms with Crippen molar-refractivity contribution in [2.75, 3.05) is 0 Å². The van der Waals surface area contributed by atoms with Gasteiger partial charge in [-0.2, -0.15) is 0 Å². The van der Waals surface area contributed by atoms with E-state index in [0.717, 1.165) is 0 Å². The van der Waals surface area contributed by atoms with Crippen molar-refractivity contribution in [2.24, 2.45) is 10.7 Å². The second-order valence-corrected chi connectivity index (χ2v) is 3.74. The van der Waals surface area contributed by atoms with E-state index >= 15 is 0 Å². The first kappa shape index (κ1) is 12.4. The number of aliphatic imine (C=N–C) groups is 1. The van der Waals surface area contributed by atoms with Gasteiger partial charge in [0.2, 0.25) is 5.91 Å². The van der Waals surface area contributed by atoms with Gasteiger partial charge in [-0.25, -0.2) is 4.79 Å². The number of amides is 1. The van der Waals surface area contributed by atoms with Gasteiger partial charge in [0.15, 0.2) is 6.04 Å². The zero-order chi connectivity index (χ0) is 12.3. The van der Waals surface area contributed by atoms with E-state index in [1.54, 1.807) is 0 Å². The third kappa shape index (κ3) is 2.93. The van der Waals surface area contributed by atoms with Gasteiger partial charge in [-0.1, -0.05) is 0 Å². The molecule has 0 aromatic heterocycles. The highest BCUT2D eigenvalue weighted by Crippen LogP contribution is 2.11. The second-order valence-electron chi connectivity index (χ2n) is 3.74. The summed E-state index contributed by atoms with van der Waals surface area (Å²) in [6, 6.07) is -1.95. The molecular formula is C9H15N3O4. The Hall–Kier alpha value is -1.63. The van der Waals surface area contributed by atoms with Gasteiger partial charge in [-0.3, -0.25) is 9.79 Å². The molecule has 0 radical (unpaired) electrons. The van der Waals surface area contributed by atoms with Crippen LogP contribution in [0.5, 0.6) is 0 Å². The SMILES string of the molecule is CC(O)C(NC(=O)C1CCC(N)=N1)C(=O)O. The van der Waals surface area contributed by atoms with Crippen LogP contribution in [-0.4, -0.2) is 46.1 Å². The number of carbonyl (C=O) groups excluding carboxylic acids is 1. The lowest BCUT2D eigenvalue weighted by atomic mass is 10.1. The average molecular weight is 229 g/mol. The standard InChI is InChI=1S/C9H15N3O4/c1-4(13)7(9(15)16)12-8(14)5-2-3-6(10)11-5/h4-5,7,13H,2-3H2,1H3,(H2,10,11)(H,12,14)(H,15,16). The van der Waals surface area contributed by atoms with Crippen LogP contribution in [0.25, 0.3) is 0 Å². The Bertz CT molecular complexity index is 327. The Labute approximate surface area is 92.3 Å². The number of nitrogens with two attached hydrogens (primary N) is 1. The van der Waals surface area contributed by atoms with E-state index in [2.05, 4.69) is 10.3 Å². The first-order valence-electron chi connectivity index (χ1n) is 4.95. The Morgan fingerprint density at radius 3 is 2.62 bits per heavy atom. The number of nitrogens with zero attached hydrogens (tertiary/aromatic N) is 1. The van der Waals surface area contributed by atoms with Crippen molar-refractivity contribution in [3.05, 3.63) is 0 Å². The van der Waals surface area contributed by atoms with Gasteiger partial charge in [0, 0.05) is 6.42 Å². The number of aliphatic carboxylic acids is 1. The normalized spacial score (nSPS) is 23.4. The van der Waals surface area contributed by atoms with Gasteiger partial charge in [-0.15, -0.1) is 0 Å². The van der Waals surface area contributed by atoms with E-state index in [1.807, 2.05) is 0 Å². The first-order chi connectivity index (χ1) is 7.41. The summed E-state index contributed by atoms with van der Waals surface area (Å²) in [7, 11) is 0. The third-order valence-corrected chi connectivity index (χ3v) is 2.34. The molecule has 0 aliphatic carbocycles. The molecule has 90 valence electrons. The molecule has 1 heterocycles. The van der Waals surface area contributed by atoms with Gasteiger partial charge >= 0.3 is 5.97 Å². The molecule has 0 saturated carbocycles. The summed E-state index contributed by atoms with van der Waals surface area (Å²) in [6.07, 6.45) is -0.155. The molecule has 7 nitrogen and oxygen atoms in total. The van der Waals surface area contributed by atoms with Crippen LogP contribution < -0.4 is 11.1 Å². The van der Waals surface area contributed by atoms with Gasteiger partial charge in [0.05, 0.1) is 11.9 Å². The first-order valence-corrected chi connectivity index (χ1v) is 4.95. The molecule has 5 N–H and O–H groups in total. The largest absolute Gasteiger partial charge is 0.480 e. The molecule has 0 bridgehead atoms. The van der Waals surface area contributed by atoms with E-state index in [1.165, 1.54) is 6.92 Å². The highest BCUT2D eigenvalue weighted by molar-refractivity contribution is 5.92. The number of rotatable bonds is 4. The van der Waals surface area contributed by atoms with E-state index in [9.17, 15) is 14.7 Å². The molecule has 1 aliphatic heterocycles. The highest BCUT2D eigenvalue weighted by atomic mass is 16.4. The van der Waals surface area contributed by atoms with Crippen molar-refractivity contribution in [1.82, 2.24) is 5.32 Å². The van der Waals surface area contributed by atoms with Gasteiger partial charge in [0.1, 0.15) is 6.04 Å². The topological polar surface area (TPSA) is 125 Å². The van der Waals surface area contributed by atoms with Crippen LogP contribution in [0.15, 0.2) is 4.99 Å². The quantitative estimate of drug-likeness (QED) is 0.464.